The molecule has 7 nitrogen and oxygen atoms in total. The van der Waals surface area contributed by atoms with Crippen LogP contribution in [0.3, 0.4) is 0 Å². The molecule has 1 aromatic heterocycles. The average Bonchev–Trinajstić information content (AvgIpc) is 3.28. The molecule has 0 aliphatic heterocycles. The van der Waals surface area contributed by atoms with Gasteiger partial charge in [-0.25, -0.2) is 17.5 Å². The second-order valence-corrected chi connectivity index (χ2v) is 9.28. The van der Waals surface area contributed by atoms with Gasteiger partial charge in [0.25, 0.3) is 11.8 Å². The Balaban J connectivity index is 1.65. The third-order valence-electron chi connectivity index (χ3n) is 4.37. The summed E-state index contributed by atoms with van der Waals surface area (Å²) >= 11 is 1.56. The summed E-state index contributed by atoms with van der Waals surface area (Å²) in [6.45, 7) is 0.267. The van der Waals surface area contributed by atoms with E-state index < -0.39 is 27.7 Å². The van der Waals surface area contributed by atoms with E-state index in [4.69, 9.17) is 0 Å². The van der Waals surface area contributed by atoms with Crippen molar-refractivity contribution in [2.45, 2.75) is 11.3 Å². The monoisotopic (exact) mass is 461 g/mol. The molecule has 0 bridgehead atoms. The Morgan fingerprint density at radius 2 is 1.77 bits per heavy atom. The molecule has 3 rings (SSSR count). The van der Waals surface area contributed by atoms with Crippen LogP contribution in [-0.4, -0.2) is 33.8 Å². The lowest BCUT2D eigenvalue weighted by Crippen LogP contribution is -2.26. The van der Waals surface area contributed by atoms with E-state index in [-0.39, 0.29) is 28.3 Å². The minimum Gasteiger partial charge on any atom is -0.355 e. The van der Waals surface area contributed by atoms with Gasteiger partial charge in [-0.15, -0.1) is 11.3 Å². The summed E-state index contributed by atoms with van der Waals surface area (Å²) in [6.07, 6.45) is 0.590. The summed E-state index contributed by atoms with van der Waals surface area (Å²) in [6, 6.07) is 12.9. The van der Waals surface area contributed by atoms with E-state index in [1.807, 2.05) is 17.5 Å². The van der Waals surface area contributed by atoms with Gasteiger partial charge in [-0.1, -0.05) is 6.07 Å². The highest BCUT2D eigenvalue weighted by molar-refractivity contribution is 7.89. The minimum absolute atomic E-state index is 0.0407. The van der Waals surface area contributed by atoms with E-state index in [0.717, 1.165) is 10.9 Å². The number of carbonyl (C=O) groups excluding carboxylic acids is 2. The van der Waals surface area contributed by atoms with Crippen LogP contribution in [0.4, 0.5) is 10.1 Å². The van der Waals surface area contributed by atoms with E-state index in [0.29, 0.717) is 6.42 Å². The summed E-state index contributed by atoms with van der Waals surface area (Å²) in [5.74, 6) is -1.85. The first kappa shape index (κ1) is 22.6. The van der Waals surface area contributed by atoms with Crippen molar-refractivity contribution >= 4 is 38.9 Å². The average molecular weight is 462 g/mol. The standard InChI is InChI=1S/C21H20FN3O4S2/c1-23-21(27)18-13-15(6-9-19(18)22)25-20(26)14-4-7-17(8-5-14)31(28,29)24-11-10-16-3-2-12-30-16/h2-9,12-13,24H,10-11H2,1H3,(H,23,27)(H,25,26). The van der Waals surface area contributed by atoms with Crippen LogP contribution in [0.15, 0.2) is 64.9 Å². The van der Waals surface area contributed by atoms with Gasteiger partial charge in [0.15, 0.2) is 0 Å². The van der Waals surface area contributed by atoms with Crippen LogP contribution in [0.25, 0.3) is 0 Å². The van der Waals surface area contributed by atoms with Gasteiger partial charge in [0.05, 0.1) is 10.5 Å². The van der Waals surface area contributed by atoms with Gasteiger partial charge >= 0.3 is 0 Å². The topological polar surface area (TPSA) is 104 Å². The molecule has 0 radical (unpaired) electrons. The second kappa shape index (κ2) is 9.82. The molecule has 31 heavy (non-hydrogen) atoms. The number of rotatable bonds is 8. The van der Waals surface area contributed by atoms with E-state index in [2.05, 4.69) is 15.4 Å². The lowest BCUT2D eigenvalue weighted by molar-refractivity contribution is 0.0957. The number of nitrogens with one attached hydrogen (secondary N) is 3. The number of amides is 2. The smallest absolute Gasteiger partial charge is 0.255 e. The molecule has 0 unspecified atom stereocenters. The van der Waals surface area contributed by atoms with E-state index >= 15 is 0 Å². The van der Waals surface area contributed by atoms with Crippen molar-refractivity contribution in [3.63, 3.8) is 0 Å². The summed E-state index contributed by atoms with van der Waals surface area (Å²) in [5, 5.41) is 6.82. The predicted molar refractivity (Wildman–Crippen MR) is 117 cm³/mol. The minimum atomic E-state index is -3.70. The van der Waals surface area contributed by atoms with Gasteiger partial charge in [0.2, 0.25) is 10.0 Å². The number of hydrogen-bond acceptors (Lipinski definition) is 5. The van der Waals surface area contributed by atoms with Crippen molar-refractivity contribution in [1.82, 2.24) is 10.0 Å². The first-order valence-corrected chi connectivity index (χ1v) is 11.6. The van der Waals surface area contributed by atoms with Crippen LogP contribution in [0.1, 0.15) is 25.6 Å². The van der Waals surface area contributed by atoms with Crippen molar-refractivity contribution in [2.75, 3.05) is 18.9 Å². The first-order valence-electron chi connectivity index (χ1n) is 9.25. The van der Waals surface area contributed by atoms with Gasteiger partial charge in [-0.05, 0) is 60.3 Å². The summed E-state index contributed by atoms with van der Waals surface area (Å²) in [7, 11) is -2.33. The van der Waals surface area contributed by atoms with Crippen molar-refractivity contribution in [3.05, 3.63) is 81.8 Å². The highest BCUT2D eigenvalue weighted by Gasteiger charge is 2.16. The third-order valence-corrected chi connectivity index (χ3v) is 6.78. The van der Waals surface area contributed by atoms with Crippen LogP contribution in [-0.2, 0) is 16.4 Å². The molecule has 2 amide bonds. The number of hydrogen-bond donors (Lipinski definition) is 3. The molecule has 0 saturated heterocycles. The van der Waals surface area contributed by atoms with Crippen molar-refractivity contribution in [2.24, 2.45) is 0 Å². The molecule has 0 saturated carbocycles. The molecule has 0 aliphatic carbocycles. The number of carbonyl (C=O) groups is 2. The van der Waals surface area contributed by atoms with Crippen LogP contribution in [0, 0.1) is 5.82 Å². The number of sulfonamides is 1. The highest BCUT2D eigenvalue weighted by atomic mass is 32.2. The Morgan fingerprint density at radius 3 is 2.42 bits per heavy atom. The summed E-state index contributed by atoms with van der Waals surface area (Å²) in [5.41, 5.74) is 0.246. The number of thiophene rings is 1. The van der Waals surface area contributed by atoms with Crippen molar-refractivity contribution < 1.29 is 22.4 Å². The Kier molecular flexibility index (Phi) is 7.16. The fourth-order valence-electron chi connectivity index (χ4n) is 2.75. The molecule has 0 aliphatic rings. The molecule has 0 atom stereocenters. The molecule has 10 heteroatoms. The maximum Gasteiger partial charge on any atom is 0.255 e. The Bertz CT molecular complexity index is 1180. The lowest BCUT2D eigenvalue weighted by atomic mass is 10.1. The molecule has 0 fully saturated rings. The predicted octanol–water partition coefficient (Wildman–Crippen LogP) is 3.02. The zero-order valence-electron chi connectivity index (χ0n) is 16.5. The molecular weight excluding hydrogens is 441 g/mol. The van der Waals surface area contributed by atoms with Crippen molar-refractivity contribution in [1.29, 1.82) is 0 Å². The van der Waals surface area contributed by atoms with Crippen molar-refractivity contribution in [3.8, 4) is 0 Å². The molecular formula is C21H20FN3O4S2. The molecule has 162 valence electrons. The van der Waals surface area contributed by atoms with Crippen LogP contribution in [0.5, 0.6) is 0 Å². The Labute approximate surface area is 183 Å². The number of halogens is 1. The van der Waals surface area contributed by atoms with Crippen LogP contribution >= 0.6 is 11.3 Å². The summed E-state index contributed by atoms with van der Waals surface area (Å²) < 4.78 is 41.1. The van der Waals surface area contributed by atoms with E-state index in [1.54, 1.807) is 11.3 Å². The molecule has 1 heterocycles. The Hall–Kier alpha value is -3.08. The van der Waals surface area contributed by atoms with Gasteiger partial charge in [-0.2, -0.15) is 0 Å². The fourth-order valence-corrected chi connectivity index (χ4v) is 4.49. The van der Waals surface area contributed by atoms with Gasteiger partial charge in [0.1, 0.15) is 5.82 Å². The first-order chi connectivity index (χ1) is 14.8. The van der Waals surface area contributed by atoms with Gasteiger partial charge in [0, 0.05) is 29.7 Å². The van der Waals surface area contributed by atoms with Crippen LogP contribution < -0.4 is 15.4 Å². The largest absolute Gasteiger partial charge is 0.355 e. The number of benzene rings is 2. The maximum absolute atomic E-state index is 13.8. The second-order valence-electron chi connectivity index (χ2n) is 6.48. The Morgan fingerprint density at radius 1 is 1.03 bits per heavy atom. The van der Waals surface area contributed by atoms with E-state index in [1.165, 1.54) is 43.4 Å². The quantitative estimate of drug-likeness (QED) is 0.480. The van der Waals surface area contributed by atoms with Gasteiger partial charge < -0.3 is 10.6 Å². The number of anilines is 1. The normalized spacial score (nSPS) is 11.2. The lowest BCUT2D eigenvalue weighted by Gasteiger charge is -2.09. The highest BCUT2D eigenvalue weighted by Crippen LogP contribution is 2.17. The van der Waals surface area contributed by atoms with Gasteiger partial charge in [-0.3, -0.25) is 9.59 Å². The van der Waals surface area contributed by atoms with E-state index in [9.17, 15) is 22.4 Å². The molecule has 3 N–H and O–H groups in total. The fraction of sp³-hybridized carbons (Fsp3) is 0.143. The van der Waals surface area contributed by atoms with Crippen LogP contribution in [0.2, 0.25) is 0 Å². The molecule has 0 spiro atoms. The third kappa shape index (κ3) is 5.75. The zero-order valence-corrected chi connectivity index (χ0v) is 18.1. The molecule has 3 aromatic rings. The summed E-state index contributed by atoms with van der Waals surface area (Å²) in [4.78, 5) is 25.3. The zero-order chi connectivity index (χ0) is 22.4. The SMILES string of the molecule is CNC(=O)c1cc(NC(=O)c2ccc(S(=O)(=O)NCCc3cccs3)cc2)ccc1F. The molecule has 2 aromatic carbocycles. The maximum atomic E-state index is 13.8.